The van der Waals surface area contributed by atoms with Gasteiger partial charge in [-0.15, -0.1) is 12.4 Å². The van der Waals surface area contributed by atoms with Crippen LogP contribution >= 0.6 is 12.4 Å². The van der Waals surface area contributed by atoms with Crippen LogP contribution in [0.5, 0.6) is 0 Å². The standard InChI is InChI=1S/C20H22F3N3O.ClH/c21-20(22,23)16-7-4-8-17(9-16)25-19(27)13-26-11-15(10-24)18(12-26)14-5-2-1-3-6-14;/h1-9,15,18H,10-13,24H2,(H,25,27);1H/t15-,18+;/m1./s1. The molecule has 2 atom stereocenters. The van der Waals surface area contributed by atoms with Crippen LogP contribution in [-0.4, -0.2) is 37.0 Å². The van der Waals surface area contributed by atoms with Gasteiger partial charge in [0.25, 0.3) is 0 Å². The van der Waals surface area contributed by atoms with E-state index in [0.29, 0.717) is 19.6 Å². The molecule has 0 bridgehead atoms. The highest BCUT2D eigenvalue weighted by Crippen LogP contribution is 2.32. The Labute approximate surface area is 168 Å². The molecule has 0 aliphatic carbocycles. The van der Waals surface area contributed by atoms with Crippen LogP contribution in [-0.2, 0) is 11.0 Å². The third-order valence-corrected chi connectivity index (χ3v) is 4.89. The zero-order valence-corrected chi connectivity index (χ0v) is 16.0. The monoisotopic (exact) mass is 413 g/mol. The summed E-state index contributed by atoms with van der Waals surface area (Å²) >= 11 is 0. The van der Waals surface area contributed by atoms with E-state index in [2.05, 4.69) is 17.4 Å². The number of nitrogens with zero attached hydrogens (tertiary/aromatic N) is 1. The lowest BCUT2D eigenvalue weighted by molar-refractivity contribution is -0.137. The lowest BCUT2D eigenvalue weighted by Crippen LogP contribution is -2.32. The number of hydrogen-bond acceptors (Lipinski definition) is 3. The number of halogens is 4. The topological polar surface area (TPSA) is 58.4 Å². The maximum Gasteiger partial charge on any atom is 0.416 e. The fraction of sp³-hybridized carbons (Fsp3) is 0.350. The SMILES string of the molecule is Cl.NC[C@@H]1CN(CC(=O)Nc2cccc(C(F)(F)F)c2)C[C@H]1c1ccccc1. The smallest absolute Gasteiger partial charge is 0.330 e. The van der Waals surface area contributed by atoms with E-state index in [1.54, 1.807) is 0 Å². The van der Waals surface area contributed by atoms with Gasteiger partial charge in [0.2, 0.25) is 5.91 Å². The Morgan fingerprint density at radius 3 is 2.46 bits per heavy atom. The van der Waals surface area contributed by atoms with Crippen molar-refractivity contribution in [1.82, 2.24) is 4.90 Å². The number of anilines is 1. The summed E-state index contributed by atoms with van der Waals surface area (Å²) in [5.74, 6) is 0.158. The second-order valence-electron chi connectivity index (χ2n) is 6.83. The molecule has 1 saturated heterocycles. The van der Waals surface area contributed by atoms with E-state index < -0.39 is 11.7 Å². The fourth-order valence-corrected chi connectivity index (χ4v) is 3.58. The summed E-state index contributed by atoms with van der Waals surface area (Å²) in [6.07, 6.45) is -4.44. The van der Waals surface area contributed by atoms with Gasteiger partial charge in [-0.3, -0.25) is 9.69 Å². The van der Waals surface area contributed by atoms with Crippen molar-refractivity contribution < 1.29 is 18.0 Å². The highest BCUT2D eigenvalue weighted by molar-refractivity contribution is 5.92. The number of nitrogens with one attached hydrogen (secondary N) is 1. The summed E-state index contributed by atoms with van der Waals surface area (Å²) in [5, 5.41) is 2.56. The predicted molar refractivity (Wildman–Crippen MR) is 105 cm³/mol. The van der Waals surface area contributed by atoms with Crippen LogP contribution < -0.4 is 11.1 Å². The van der Waals surface area contributed by atoms with Gasteiger partial charge >= 0.3 is 6.18 Å². The quantitative estimate of drug-likeness (QED) is 0.785. The van der Waals surface area contributed by atoms with Gasteiger partial charge < -0.3 is 11.1 Å². The van der Waals surface area contributed by atoms with Gasteiger partial charge in [0.05, 0.1) is 12.1 Å². The molecule has 2 aromatic rings. The summed E-state index contributed by atoms with van der Waals surface area (Å²) in [7, 11) is 0. The van der Waals surface area contributed by atoms with Gasteiger partial charge in [0, 0.05) is 24.7 Å². The molecule has 1 amide bonds. The molecule has 4 nitrogen and oxygen atoms in total. The summed E-state index contributed by atoms with van der Waals surface area (Å²) in [4.78, 5) is 14.3. The number of amides is 1. The van der Waals surface area contributed by atoms with Gasteiger partial charge in [-0.25, -0.2) is 0 Å². The minimum atomic E-state index is -4.44. The zero-order chi connectivity index (χ0) is 19.4. The van der Waals surface area contributed by atoms with Gasteiger partial charge in [0.1, 0.15) is 0 Å². The molecule has 1 aliphatic heterocycles. The first kappa shape index (κ1) is 22.2. The average Bonchev–Trinajstić information content (AvgIpc) is 3.04. The Kier molecular flexibility index (Phi) is 7.46. The first-order chi connectivity index (χ1) is 12.9. The molecule has 2 aromatic carbocycles. The first-order valence-electron chi connectivity index (χ1n) is 8.81. The van der Waals surface area contributed by atoms with Crippen molar-refractivity contribution >= 4 is 24.0 Å². The molecular weight excluding hydrogens is 391 g/mol. The molecule has 1 fully saturated rings. The molecule has 0 spiro atoms. The van der Waals surface area contributed by atoms with Crippen LogP contribution in [0.25, 0.3) is 0 Å². The molecule has 0 unspecified atom stereocenters. The van der Waals surface area contributed by atoms with Crippen LogP contribution in [0.2, 0.25) is 0 Å². The Morgan fingerprint density at radius 2 is 1.82 bits per heavy atom. The zero-order valence-electron chi connectivity index (χ0n) is 15.2. The maximum atomic E-state index is 12.8. The van der Waals surface area contributed by atoms with Gasteiger partial charge in [-0.2, -0.15) is 13.2 Å². The Morgan fingerprint density at radius 1 is 1.11 bits per heavy atom. The summed E-state index contributed by atoms with van der Waals surface area (Å²) < 4.78 is 38.4. The van der Waals surface area contributed by atoms with E-state index in [1.165, 1.54) is 17.7 Å². The number of alkyl halides is 3. The Hall–Kier alpha value is -2.09. The number of likely N-dealkylation sites (tertiary alicyclic amines) is 1. The van der Waals surface area contributed by atoms with Crippen LogP contribution in [0.15, 0.2) is 54.6 Å². The molecule has 0 radical (unpaired) electrons. The maximum absolute atomic E-state index is 12.8. The van der Waals surface area contributed by atoms with E-state index in [0.717, 1.165) is 12.1 Å². The second kappa shape index (κ2) is 9.41. The third-order valence-electron chi connectivity index (χ3n) is 4.89. The number of rotatable bonds is 5. The normalized spacial score (nSPS) is 19.9. The second-order valence-corrected chi connectivity index (χ2v) is 6.83. The number of carbonyl (C=O) groups excluding carboxylic acids is 1. The van der Waals surface area contributed by atoms with Crippen molar-refractivity contribution in [1.29, 1.82) is 0 Å². The van der Waals surface area contributed by atoms with E-state index in [9.17, 15) is 18.0 Å². The predicted octanol–water partition coefficient (Wildman–Crippen LogP) is 3.74. The molecule has 152 valence electrons. The van der Waals surface area contributed by atoms with Gasteiger partial charge in [-0.05, 0) is 36.2 Å². The minimum Gasteiger partial charge on any atom is -0.330 e. The highest BCUT2D eigenvalue weighted by Gasteiger charge is 2.34. The molecular formula is C20H23ClF3N3O. The van der Waals surface area contributed by atoms with Crippen LogP contribution in [0.3, 0.4) is 0 Å². The highest BCUT2D eigenvalue weighted by atomic mass is 35.5. The molecule has 1 aliphatic rings. The van der Waals surface area contributed by atoms with Crippen LogP contribution in [0.4, 0.5) is 18.9 Å². The van der Waals surface area contributed by atoms with Crippen molar-refractivity contribution in [3.05, 3.63) is 65.7 Å². The molecule has 3 N–H and O–H groups in total. The van der Waals surface area contributed by atoms with Crippen LogP contribution in [0.1, 0.15) is 17.0 Å². The number of benzene rings is 2. The Bertz CT molecular complexity index is 786. The average molecular weight is 414 g/mol. The summed E-state index contributed by atoms with van der Waals surface area (Å²) in [6.45, 7) is 2.02. The van der Waals surface area contributed by atoms with Gasteiger partial charge in [-0.1, -0.05) is 36.4 Å². The third kappa shape index (κ3) is 5.47. The molecule has 28 heavy (non-hydrogen) atoms. The minimum absolute atomic E-state index is 0. The van der Waals surface area contributed by atoms with E-state index in [-0.39, 0.29) is 42.4 Å². The molecule has 8 heteroatoms. The molecule has 0 saturated carbocycles. The summed E-state index contributed by atoms with van der Waals surface area (Å²) in [6, 6.07) is 14.7. The van der Waals surface area contributed by atoms with Crippen molar-refractivity contribution in [3.8, 4) is 0 Å². The lowest BCUT2D eigenvalue weighted by atomic mass is 9.89. The van der Waals surface area contributed by atoms with Crippen molar-refractivity contribution in [2.45, 2.75) is 12.1 Å². The molecule has 0 aromatic heterocycles. The molecule has 3 rings (SSSR count). The molecule has 1 heterocycles. The largest absolute Gasteiger partial charge is 0.416 e. The van der Waals surface area contributed by atoms with Crippen LogP contribution in [0, 0.1) is 5.92 Å². The first-order valence-corrected chi connectivity index (χ1v) is 8.81. The Balaban J connectivity index is 0.00000280. The van der Waals surface area contributed by atoms with E-state index >= 15 is 0 Å². The lowest BCUT2D eigenvalue weighted by Gasteiger charge is -2.17. The fourth-order valence-electron chi connectivity index (χ4n) is 3.58. The number of nitrogens with two attached hydrogens (primary N) is 1. The van der Waals surface area contributed by atoms with Crippen molar-refractivity contribution in [3.63, 3.8) is 0 Å². The number of carbonyl (C=O) groups is 1. The van der Waals surface area contributed by atoms with Crippen molar-refractivity contribution in [2.75, 3.05) is 31.5 Å². The van der Waals surface area contributed by atoms with Gasteiger partial charge in [0.15, 0.2) is 0 Å². The van der Waals surface area contributed by atoms with E-state index in [1.807, 2.05) is 23.1 Å². The number of hydrogen-bond donors (Lipinski definition) is 2. The van der Waals surface area contributed by atoms with E-state index in [4.69, 9.17) is 5.73 Å². The van der Waals surface area contributed by atoms with Crippen molar-refractivity contribution in [2.24, 2.45) is 11.7 Å². The summed E-state index contributed by atoms with van der Waals surface area (Å²) in [5.41, 5.74) is 6.45.